The molecule has 1 amide bonds. The number of thiophene rings is 1. The number of amides is 1. The van der Waals surface area contributed by atoms with Crippen molar-refractivity contribution in [2.75, 3.05) is 18.0 Å². The van der Waals surface area contributed by atoms with Crippen LogP contribution in [0.3, 0.4) is 0 Å². The molecule has 2 N–H and O–H groups in total. The third kappa shape index (κ3) is 4.24. The maximum Gasteiger partial charge on any atom is 0.270 e. The summed E-state index contributed by atoms with van der Waals surface area (Å²) in [6.45, 7) is 1.39. The number of aromatic amines is 1. The second-order valence-corrected chi connectivity index (χ2v) is 9.59. The third-order valence-corrected chi connectivity index (χ3v) is 7.51. The van der Waals surface area contributed by atoms with Crippen molar-refractivity contribution < 1.29 is 4.79 Å². The quantitative estimate of drug-likeness (QED) is 0.639. The molecular formula is C24H28N4O2S. The number of carbonyl (C=O) groups excluding carboxylic acids is 1. The van der Waals surface area contributed by atoms with Crippen LogP contribution in [0.15, 0.2) is 40.5 Å². The molecule has 1 aliphatic carbocycles. The van der Waals surface area contributed by atoms with Crippen LogP contribution in [0.25, 0.3) is 21.3 Å². The largest absolute Gasteiger partial charge is 0.353 e. The third-order valence-electron chi connectivity index (χ3n) is 6.54. The fourth-order valence-electron chi connectivity index (χ4n) is 4.84. The molecule has 1 unspecified atom stereocenters. The fraction of sp³-hybridized carbons (Fsp3) is 0.458. The number of hydrogen-bond acceptors (Lipinski definition) is 5. The first-order valence-corrected chi connectivity index (χ1v) is 12.2. The lowest BCUT2D eigenvalue weighted by atomic mass is 9.93. The highest BCUT2D eigenvalue weighted by Gasteiger charge is 2.29. The maximum absolute atomic E-state index is 12.9. The number of nitrogens with one attached hydrogen (secondary N) is 2. The molecule has 7 heteroatoms. The number of fused-ring (bicyclic) bond motifs is 1. The monoisotopic (exact) mass is 436 g/mol. The van der Waals surface area contributed by atoms with Crippen molar-refractivity contribution in [3.63, 3.8) is 0 Å². The average molecular weight is 437 g/mol. The molecule has 5 rings (SSSR count). The molecule has 1 aromatic carbocycles. The van der Waals surface area contributed by atoms with Crippen molar-refractivity contribution in [3.8, 4) is 11.1 Å². The first-order valence-electron chi connectivity index (χ1n) is 11.3. The predicted molar refractivity (Wildman–Crippen MR) is 126 cm³/mol. The van der Waals surface area contributed by atoms with Gasteiger partial charge in [0.2, 0.25) is 11.9 Å². The highest BCUT2D eigenvalue weighted by atomic mass is 32.1. The Morgan fingerprint density at radius 2 is 1.90 bits per heavy atom. The standard InChI is InChI=1S/C24H28N4O2S/c29-22(25-18-11-5-2-6-12-18)17-10-7-13-28(14-17)24-26-20-19(16-8-3-1-4-9-16)15-31-21(20)23(30)27-24/h1,3-4,8-9,15,17-18H,2,5-7,10-14H2,(H,25,29)(H,26,27,30). The Morgan fingerprint density at radius 1 is 1.10 bits per heavy atom. The summed E-state index contributed by atoms with van der Waals surface area (Å²) < 4.78 is 0.645. The van der Waals surface area contributed by atoms with Gasteiger partial charge in [0.15, 0.2) is 0 Å². The van der Waals surface area contributed by atoms with Crippen LogP contribution in [0.1, 0.15) is 44.9 Å². The van der Waals surface area contributed by atoms with Gasteiger partial charge in [-0.15, -0.1) is 11.3 Å². The molecule has 2 aromatic heterocycles. The van der Waals surface area contributed by atoms with Crippen LogP contribution in [0.2, 0.25) is 0 Å². The van der Waals surface area contributed by atoms with Crippen molar-refractivity contribution in [1.82, 2.24) is 15.3 Å². The molecule has 1 saturated heterocycles. The highest BCUT2D eigenvalue weighted by molar-refractivity contribution is 7.17. The van der Waals surface area contributed by atoms with Crippen molar-refractivity contribution in [1.29, 1.82) is 0 Å². The molecular weight excluding hydrogens is 408 g/mol. The Kier molecular flexibility index (Phi) is 5.76. The molecule has 162 valence electrons. The van der Waals surface area contributed by atoms with E-state index in [1.54, 1.807) is 0 Å². The number of aromatic nitrogens is 2. The van der Waals surface area contributed by atoms with Crippen LogP contribution >= 0.6 is 11.3 Å². The van der Waals surface area contributed by atoms with Crippen molar-refractivity contribution >= 4 is 33.4 Å². The zero-order chi connectivity index (χ0) is 21.2. The molecule has 0 spiro atoms. The summed E-state index contributed by atoms with van der Waals surface area (Å²) in [5.74, 6) is 0.663. The highest BCUT2D eigenvalue weighted by Crippen LogP contribution is 2.32. The molecule has 2 fully saturated rings. The van der Waals surface area contributed by atoms with E-state index in [1.165, 1.54) is 30.6 Å². The van der Waals surface area contributed by atoms with Gasteiger partial charge in [-0.05, 0) is 31.2 Å². The molecule has 0 radical (unpaired) electrons. The second kappa shape index (κ2) is 8.83. The van der Waals surface area contributed by atoms with Crippen LogP contribution in [-0.2, 0) is 4.79 Å². The van der Waals surface area contributed by atoms with Gasteiger partial charge < -0.3 is 10.2 Å². The average Bonchev–Trinajstić information content (AvgIpc) is 3.25. The van der Waals surface area contributed by atoms with Gasteiger partial charge >= 0.3 is 0 Å². The summed E-state index contributed by atoms with van der Waals surface area (Å²) in [5.41, 5.74) is 2.67. The van der Waals surface area contributed by atoms with Gasteiger partial charge in [-0.2, -0.15) is 0 Å². The first-order chi connectivity index (χ1) is 15.2. The SMILES string of the molecule is O=C(NC1CCCCC1)C1CCCN(c2nc3c(-c4ccccc4)csc3c(=O)[nH]2)C1. The van der Waals surface area contributed by atoms with Gasteiger partial charge in [-0.3, -0.25) is 14.6 Å². The van der Waals surface area contributed by atoms with Crippen LogP contribution in [0.4, 0.5) is 5.95 Å². The van der Waals surface area contributed by atoms with E-state index in [4.69, 9.17) is 4.98 Å². The lowest BCUT2D eigenvalue weighted by molar-refractivity contribution is -0.126. The van der Waals surface area contributed by atoms with E-state index in [1.807, 2.05) is 35.7 Å². The molecule has 2 aliphatic rings. The van der Waals surface area contributed by atoms with Crippen LogP contribution in [0, 0.1) is 5.92 Å². The van der Waals surface area contributed by atoms with Crippen molar-refractivity contribution in [2.45, 2.75) is 51.0 Å². The Morgan fingerprint density at radius 3 is 2.71 bits per heavy atom. The first kappa shape index (κ1) is 20.2. The van der Waals surface area contributed by atoms with Crippen LogP contribution in [-0.4, -0.2) is 35.0 Å². The summed E-state index contributed by atoms with van der Waals surface area (Å²) in [5, 5.41) is 5.27. The van der Waals surface area contributed by atoms with Crippen LogP contribution in [0.5, 0.6) is 0 Å². The van der Waals surface area contributed by atoms with E-state index < -0.39 is 0 Å². The number of nitrogens with zero attached hydrogens (tertiary/aromatic N) is 2. The van der Waals surface area contributed by atoms with E-state index in [2.05, 4.69) is 15.2 Å². The van der Waals surface area contributed by atoms with Gasteiger partial charge in [-0.1, -0.05) is 49.6 Å². The predicted octanol–water partition coefficient (Wildman–Crippen LogP) is 4.32. The fourth-order valence-corrected chi connectivity index (χ4v) is 5.75. The van der Waals surface area contributed by atoms with E-state index >= 15 is 0 Å². The van der Waals surface area contributed by atoms with Gasteiger partial charge in [0.1, 0.15) is 4.70 Å². The molecule has 6 nitrogen and oxygen atoms in total. The molecule has 31 heavy (non-hydrogen) atoms. The number of rotatable bonds is 4. The maximum atomic E-state index is 12.9. The summed E-state index contributed by atoms with van der Waals surface area (Å²) in [6.07, 6.45) is 7.67. The van der Waals surface area contributed by atoms with Crippen LogP contribution < -0.4 is 15.8 Å². The zero-order valence-corrected chi connectivity index (χ0v) is 18.4. The van der Waals surface area contributed by atoms with Gasteiger partial charge in [-0.25, -0.2) is 4.98 Å². The molecule has 0 bridgehead atoms. The summed E-state index contributed by atoms with van der Waals surface area (Å²) >= 11 is 1.43. The molecule has 1 saturated carbocycles. The molecule has 3 aromatic rings. The number of anilines is 1. The van der Waals surface area contributed by atoms with Gasteiger partial charge in [0.05, 0.1) is 11.4 Å². The summed E-state index contributed by atoms with van der Waals surface area (Å²) in [6, 6.07) is 10.4. The lowest BCUT2D eigenvalue weighted by Crippen LogP contribution is -2.47. The minimum atomic E-state index is -0.110. The smallest absolute Gasteiger partial charge is 0.270 e. The van der Waals surface area contributed by atoms with Crippen molar-refractivity contribution in [2.24, 2.45) is 5.92 Å². The topological polar surface area (TPSA) is 78.1 Å². The Hall–Kier alpha value is -2.67. The molecule has 1 aliphatic heterocycles. The summed E-state index contributed by atoms with van der Waals surface area (Å²) in [7, 11) is 0. The second-order valence-electron chi connectivity index (χ2n) is 8.71. The van der Waals surface area contributed by atoms with E-state index in [-0.39, 0.29) is 17.4 Å². The van der Waals surface area contributed by atoms with E-state index in [0.717, 1.165) is 48.9 Å². The minimum Gasteiger partial charge on any atom is -0.353 e. The van der Waals surface area contributed by atoms with Gasteiger partial charge in [0, 0.05) is 30.1 Å². The van der Waals surface area contributed by atoms with E-state index in [9.17, 15) is 9.59 Å². The molecule has 1 atom stereocenters. The van der Waals surface area contributed by atoms with E-state index in [0.29, 0.717) is 23.2 Å². The Bertz CT molecular complexity index is 1120. The normalized spacial score (nSPS) is 20.1. The Balaban J connectivity index is 1.38. The number of H-pyrrole nitrogens is 1. The molecule has 3 heterocycles. The lowest BCUT2D eigenvalue weighted by Gasteiger charge is -2.33. The zero-order valence-electron chi connectivity index (χ0n) is 17.6. The number of piperidine rings is 1. The van der Waals surface area contributed by atoms with Gasteiger partial charge in [0.25, 0.3) is 5.56 Å². The minimum absolute atomic E-state index is 0.0623. The number of hydrogen-bond donors (Lipinski definition) is 2. The number of carbonyl (C=O) groups is 1. The van der Waals surface area contributed by atoms with Crippen molar-refractivity contribution in [3.05, 3.63) is 46.1 Å². The summed E-state index contributed by atoms with van der Waals surface area (Å²) in [4.78, 5) is 35.6. The Labute approximate surface area is 185 Å². The number of benzene rings is 1.